The number of carbonyl (C=O) groups excluding carboxylic acids is 1. The Morgan fingerprint density at radius 3 is 0.978 bits per heavy atom. The highest BCUT2D eigenvalue weighted by atomic mass is 16.3. The van der Waals surface area contributed by atoms with Crippen molar-refractivity contribution in [2.24, 2.45) is 0 Å². The van der Waals surface area contributed by atoms with Crippen LogP contribution in [0.4, 0.5) is 0 Å². The van der Waals surface area contributed by atoms with Crippen molar-refractivity contribution in [3.8, 4) is 0 Å². The number of carbonyl (C=O) groups is 1. The average molecular weight is 652 g/mol. The highest BCUT2D eigenvalue weighted by molar-refractivity contribution is 5.76. The molecule has 4 heteroatoms. The zero-order chi connectivity index (χ0) is 33.6. The van der Waals surface area contributed by atoms with E-state index < -0.39 is 12.1 Å². The Bertz CT molecular complexity index is 583. The van der Waals surface area contributed by atoms with Crippen LogP contribution in [0.3, 0.4) is 0 Å². The second-order valence-electron chi connectivity index (χ2n) is 14.8. The summed E-state index contributed by atoms with van der Waals surface area (Å²) in [6, 6.07) is -0.528. The topological polar surface area (TPSA) is 69.6 Å². The van der Waals surface area contributed by atoms with Crippen LogP contribution in [-0.4, -0.2) is 34.9 Å². The molecule has 276 valence electrons. The fourth-order valence-electron chi connectivity index (χ4n) is 6.83. The number of amides is 1. The SMILES string of the molecule is CCCCCCCCCCCCCCCCCCCCCCC(=O)NC(CO)C(O)CCCCCCCCCCCCCCCC. The summed E-state index contributed by atoms with van der Waals surface area (Å²) in [5.74, 6) is -0.0264. The predicted octanol–water partition coefficient (Wildman–Crippen LogP) is 12.9. The highest BCUT2D eigenvalue weighted by Gasteiger charge is 2.20. The fraction of sp³-hybridized carbons (Fsp3) is 0.976. The number of nitrogens with one attached hydrogen (secondary N) is 1. The molecule has 3 N–H and O–H groups in total. The number of rotatable bonds is 39. The Morgan fingerprint density at radius 1 is 0.435 bits per heavy atom. The highest BCUT2D eigenvalue weighted by Crippen LogP contribution is 2.17. The van der Waals surface area contributed by atoms with Gasteiger partial charge in [0.15, 0.2) is 0 Å². The molecule has 0 aromatic rings. The first-order chi connectivity index (χ1) is 22.7. The van der Waals surface area contributed by atoms with Crippen LogP contribution in [0.1, 0.15) is 245 Å². The van der Waals surface area contributed by atoms with Crippen molar-refractivity contribution >= 4 is 5.91 Å². The molecule has 0 aliphatic rings. The van der Waals surface area contributed by atoms with Crippen LogP contribution in [0.15, 0.2) is 0 Å². The minimum atomic E-state index is -0.652. The molecule has 0 aliphatic carbocycles. The molecule has 0 aromatic carbocycles. The normalized spacial score (nSPS) is 12.9. The first-order valence-electron chi connectivity index (χ1n) is 21.2. The quantitative estimate of drug-likeness (QED) is 0.0579. The predicted molar refractivity (Wildman–Crippen MR) is 203 cm³/mol. The van der Waals surface area contributed by atoms with Gasteiger partial charge in [0.25, 0.3) is 0 Å². The average Bonchev–Trinajstić information content (AvgIpc) is 3.06. The van der Waals surface area contributed by atoms with Crippen LogP contribution in [-0.2, 0) is 4.79 Å². The van der Waals surface area contributed by atoms with Gasteiger partial charge in [0.1, 0.15) is 0 Å². The third kappa shape index (κ3) is 34.7. The lowest BCUT2D eigenvalue weighted by atomic mass is 10.0. The molecule has 0 bridgehead atoms. The standard InChI is InChI=1S/C42H85NO3/c1-3-5-7-9-11-13-15-17-19-20-21-22-23-24-26-28-30-32-34-36-38-42(46)43-40(39-44)41(45)37-35-33-31-29-27-25-18-16-14-12-10-8-6-4-2/h40-41,44-45H,3-39H2,1-2H3,(H,43,46). The molecule has 4 nitrogen and oxygen atoms in total. The second kappa shape index (κ2) is 38.8. The van der Waals surface area contributed by atoms with Crippen LogP contribution in [0.5, 0.6) is 0 Å². The van der Waals surface area contributed by atoms with Crippen molar-refractivity contribution in [1.29, 1.82) is 0 Å². The maximum atomic E-state index is 12.4. The lowest BCUT2D eigenvalue weighted by Gasteiger charge is -2.22. The summed E-state index contributed by atoms with van der Waals surface area (Å²) < 4.78 is 0. The number of hydrogen-bond acceptors (Lipinski definition) is 3. The lowest BCUT2D eigenvalue weighted by molar-refractivity contribution is -0.123. The summed E-state index contributed by atoms with van der Waals surface area (Å²) in [7, 11) is 0. The number of aliphatic hydroxyl groups excluding tert-OH is 2. The van der Waals surface area contributed by atoms with Crippen LogP contribution in [0, 0.1) is 0 Å². The van der Waals surface area contributed by atoms with Crippen molar-refractivity contribution in [2.45, 2.75) is 257 Å². The zero-order valence-corrected chi connectivity index (χ0v) is 31.6. The van der Waals surface area contributed by atoms with Crippen molar-refractivity contribution in [2.75, 3.05) is 6.61 Å². The lowest BCUT2D eigenvalue weighted by Crippen LogP contribution is -2.45. The molecule has 0 fully saturated rings. The molecule has 0 saturated heterocycles. The van der Waals surface area contributed by atoms with E-state index in [1.807, 2.05) is 0 Å². The van der Waals surface area contributed by atoms with Crippen LogP contribution >= 0.6 is 0 Å². The van der Waals surface area contributed by atoms with Gasteiger partial charge in [0.2, 0.25) is 5.91 Å². The van der Waals surface area contributed by atoms with E-state index in [0.29, 0.717) is 12.8 Å². The van der Waals surface area contributed by atoms with E-state index in [1.165, 1.54) is 193 Å². The molecule has 2 unspecified atom stereocenters. The van der Waals surface area contributed by atoms with E-state index in [4.69, 9.17) is 0 Å². The van der Waals surface area contributed by atoms with Crippen LogP contribution < -0.4 is 5.32 Å². The van der Waals surface area contributed by atoms with E-state index >= 15 is 0 Å². The third-order valence-corrected chi connectivity index (χ3v) is 10.1. The van der Waals surface area contributed by atoms with Gasteiger partial charge in [0.05, 0.1) is 18.8 Å². The Labute approximate surface area is 289 Å². The molecule has 0 heterocycles. The van der Waals surface area contributed by atoms with Crippen molar-refractivity contribution in [3.63, 3.8) is 0 Å². The van der Waals surface area contributed by atoms with E-state index in [9.17, 15) is 15.0 Å². The van der Waals surface area contributed by atoms with Gasteiger partial charge in [-0.3, -0.25) is 4.79 Å². The molecule has 2 atom stereocenters. The van der Waals surface area contributed by atoms with E-state index in [2.05, 4.69) is 19.2 Å². The maximum absolute atomic E-state index is 12.4. The summed E-state index contributed by atoms with van der Waals surface area (Å²) in [6.45, 7) is 4.38. The summed E-state index contributed by atoms with van der Waals surface area (Å²) in [5.41, 5.74) is 0. The van der Waals surface area contributed by atoms with E-state index in [0.717, 1.165) is 25.7 Å². The summed E-state index contributed by atoms with van der Waals surface area (Å²) >= 11 is 0. The molecule has 0 aromatic heterocycles. The smallest absolute Gasteiger partial charge is 0.220 e. The third-order valence-electron chi connectivity index (χ3n) is 10.1. The van der Waals surface area contributed by atoms with Gasteiger partial charge < -0.3 is 15.5 Å². The number of hydrogen-bond donors (Lipinski definition) is 3. The van der Waals surface area contributed by atoms with Crippen LogP contribution in [0.2, 0.25) is 0 Å². The molecule has 0 saturated carbocycles. The summed E-state index contributed by atoms with van der Waals surface area (Å²) in [6.07, 6.45) is 46.0. The van der Waals surface area contributed by atoms with E-state index in [-0.39, 0.29) is 12.5 Å². The first-order valence-corrected chi connectivity index (χ1v) is 21.2. The number of unbranched alkanes of at least 4 members (excludes halogenated alkanes) is 32. The van der Waals surface area contributed by atoms with Gasteiger partial charge in [-0.1, -0.05) is 226 Å². The molecular weight excluding hydrogens is 566 g/mol. The van der Waals surface area contributed by atoms with Crippen molar-refractivity contribution < 1.29 is 15.0 Å². The van der Waals surface area contributed by atoms with E-state index in [1.54, 1.807) is 0 Å². The minimum Gasteiger partial charge on any atom is -0.394 e. The largest absolute Gasteiger partial charge is 0.394 e. The first kappa shape index (κ1) is 45.4. The Morgan fingerprint density at radius 2 is 0.696 bits per heavy atom. The molecule has 1 amide bonds. The second-order valence-corrected chi connectivity index (χ2v) is 14.8. The molecule has 0 rings (SSSR count). The van der Waals surface area contributed by atoms with Crippen molar-refractivity contribution in [3.05, 3.63) is 0 Å². The van der Waals surface area contributed by atoms with Gasteiger partial charge in [-0.2, -0.15) is 0 Å². The molecule has 46 heavy (non-hydrogen) atoms. The molecule has 0 radical (unpaired) electrons. The van der Waals surface area contributed by atoms with Gasteiger partial charge in [-0.05, 0) is 12.8 Å². The molecule has 0 spiro atoms. The van der Waals surface area contributed by atoms with Gasteiger partial charge in [-0.15, -0.1) is 0 Å². The molecule has 0 aliphatic heterocycles. The van der Waals surface area contributed by atoms with Gasteiger partial charge >= 0.3 is 0 Å². The van der Waals surface area contributed by atoms with Gasteiger partial charge in [-0.25, -0.2) is 0 Å². The summed E-state index contributed by atoms with van der Waals surface area (Å²) in [5, 5.41) is 23.1. The fourth-order valence-corrected chi connectivity index (χ4v) is 6.83. The summed E-state index contributed by atoms with van der Waals surface area (Å²) in [4.78, 5) is 12.4. The van der Waals surface area contributed by atoms with Gasteiger partial charge in [0, 0.05) is 6.42 Å². The molecular formula is C42H85NO3. The van der Waals surface area contributed by atoms with Crippen molar-refractivity contribution in [1.82, 2.24) is 5.32 Å². The Balaban J connectivity index is 3.46. The Hall–Kier alpha value is -0.610. The zero-order valence-electron chi connectivity index (χ0n) is 31.6. The minimum absolute atomic E-state index is 0.0264. The van der Waals surface area contributed by atoms with Crippen LogP contribution in [0.25, 0.3) is 0 Å². The number of aliphatic hydroxyl groups is 2. The Kier molecular flexibility index (Phi) is 38.3. The maximum Gasteiger partial charge on any atom is 0.220 e. The monoisotopic (exact) mass is 652 g/mol.